The van der Waals surface area contributed by atoms with E-state index in [9.17, 15) is 4.79 Å². The van der Waals surface area contributed by atoms with Crippen molar-refractivity contribution < 1.29 is 28.2 Å². The predicted octanol–water partition coefficient (Wildman–Crippen LogP) is 2.67. The summed E-state index contributed by atoms with van der Waals surface area (Å²) in [6, 6.07) is 1.95. The minimum absolute atomic E-state index is 0.00106. The molecule has 7 atom stereocenters. The molecule has 6 heteroatoms. The Hall–Kier alpha value is -1.89. The quantitative estimate of drug-likeness (QED) is 0.569. The molecule has 3 fully saturated rings. The van der Waals surface area contributed by atoms with E-state index in [1.165, 1.54) is 0 Å². The van der Waals surface area contributed by atoms with Crippen molar-refractivity contribution in [3.05, 3.63) is 47.5 Å². The van der Waals surface area contributed by atoms with Gasteiger partial charge in [0.1, 0.15) is 12.7 Å². The normalized spacial score (nSPS) is 46.0. The lowest BCUT2D eigenvalue weighted by Crippen LogP contribution is -2.39. The van der Waals surface area contributed by atoms with Crippen LogP contribution in [-0.4, -0.2) is 37.2 Å². The van der Waals surface area contributed by atoms with Crippen LogP contribution in [0.15, 0.2) is 46.3 Å². The minimum atomic E-state index is -0.300. The first kappa shape index (κ1) is 15.2. The van der Waals surface area contributed by atoms with Gasteiger partial charge in [0, 0.05) is 5.56 Å². The van der Waals surface area contributed by atoms with Gasteiger partial charge in [-0.15, -0.1) is 0 Å². The Morgan fingerprint density at radius 3 is 3.00 bits per heavy atom. The highest BCUT2D eigenvalue weighted by Gasteiger charge is 2.70. The highest BCUT2D eigenvalue weighted by molar-refractivity contribution is 5.94. The first-order valence-corrected chi connectivity index (χ1v) is 9.22. The number of epoxide rings is 1. The third-order valence-electron chi connectivity index (χ3n) is 6.82. The number of fused-ring (bicyclic) bond motifs is 2. The summed E-state index contributed by atoms with van der Waals surface area (Å²) in [5, 5.41) is 0. The Bertz CT molecular complexity index is 823. The van der Waals surface area contributed by atoms with Crippen LogP contribution in [0.4, 0.5) is 0 Å². The smallest absolute Gasteiger partial charge is 0.338 e. The van der Waals surface area contributed by atoms with Crippen LogP contribution < -0.4 is 0 Å². The third-order valence-corrected chi connectivity index (χ3v) is 6.82. The van der Waals surface area contributed by atoms with Gasteiger partial charge < -0.3 is 23.4 Å². The lowest BCUT2D eigenvalue weighted by Gasteiger charge is -2.30. The first-order valence-electron chi connectivity index (χ1n) is 9.22. The van der Waals surface area contributed by atoms with Crippen LogP contribution in [0, 0.1) is 11.3 Å². The van der Waals surface area contributed by atoms with Gasteiger partial charge in [0.25, 0.3) is 0 Å². The molecule has 2 bridgehead atoms. The van der Waals surface area contributed by atoms with E-state index in [0.29, 0.717) is 18.6 Å². The maximum absolute atomic E-state index is 12.0. The van der Waals surface area contributed by atoms with Crippen molar-refractivity contribution in [1.29, 1.82) is 0 Å². The predicted molar refractivity (Wildman–Crippen MR) is 87.8 cm³/mol. The summed E-state index contributed by atoms with van der Waals surface area (Å²) in [5.41, 5.74) is 2.55. The number of hydrogen-bond donors (Lipinski definition) is 0. The molecule has 3 saturated heterocycles. The highest BCUT2D eigenvalue weighted by atomic mass is 16.7. The number of ether oxygens (including phenoxy) is 4. The van der Waals surface area contributed by atoms with Crippen LogP contribution in [0.1, 0.15) is 31.4 Å². The van der Waals surface area contributed by atoms with E-state index in [4.69, 9.17) is 23.4 Å². The average molecular weight is 356 g/mol. The van der Waals surface area contributed by atoms with E-state index in [-0.39, 0.29) is 48.0 Å². The molecule has 0 radical (unpaired) electrons. The summed E-state index contributed by atoms with van der Waals surface area (Å²) in [6.45, 7) is 2.59. The molecule has 26 heavy (non-hydrogen) atoms. The van der Waals surface area contributed by atoms with Gasteiger partial charge in [0.05, 0.1) is 41.8 Å². The maximum Gasteiger partial charge on any atom is 0.338 e. The highest BCUT2D eigenvalue weighted by Crippen LogP contribution is 2.63. The zero-order valence-corrected chi connectivity index (χ0v) is 14.4. The molecule has 5 heterocycles. The van der Waals surface area contributed by atoms with E-state index in [2.05, 4.69) is 6.92 Å². The molecule has 5 aliphatic rings. The molecule has 6 nitrogen and oxygen atoms in total. The van der Waals surface area contributed by atoms with Gasteiger partial charge in [-0.1, -0.05) is 13.0 Å². The Balaban J connectivity index is 1.38. The summed E-state index contributed by atoms with van der Waals surface area (Å²) < 4.78 is 29.3. The second kappa shape index (κ2) is 5.09. The SMILES string of the molecule is CC1C2CC3=C(C=CC4OC4C14CC(c1ccoc1)OC4O2)C(=O)OC3. The van der Waals surface area contributed by atoms with Crippen LogP contribution >= 0.6 is 0 Å². The lowest BCUT2D eigenvalue weighted by atomic mass is 9.68. The zero-order chi connectivity index (χ0) is 17.5. The zero-order valence-electron chi connectivity index (χ0n) is 14.4. The van der Waals surface area contributed by atoms with E-state index < -0.39 is 0 Å². The Labute approximate surface area is 150 Å². The van der Waals surface area contributed by atoms with E-state index >= 15 is 0 Å². The van der Waals surface area contributed by atoms with Crippen molar-refractivity contribution in [2.75, 3.05) is 6.61 Å². The number of esters is 1. The van der Waals surface area contributed by atoms with Crippen LogP contribution in [0.5, 0.6) is 0 Å². The van der Waals surface area contributed by atoms with Gasteiger partial charge in [-0.2, -0.15) is 0 Å². The van der Waals surface area contributed by atoms with Gasteiger partial charge in [-0.25, -0.2) is 4.79 Å². The van der Waals surface area contributed by atoms with Gasteiger partial charge in [-0.05, 0) is 36.5 Å². The van der Waals surface area contributed by atoms with E-state index in [1.54, 1.807) is 12.5 Å². The molecule has 1 aromatic heterocycles. The molecule has 0 N–H and O–H groups in total. The van der Waals surface area contributed by atoms with Gasteiger partial charge in [0.2, 0.25) is 0 Å². The fourth-order valence-corrected chi connectivity index (χ4v) is 5.26. The fourth-order valence-electron chi connectivity index (χ4n) is 5.26. The number of carbonyl (C=O) groups is 1. The summed E-state index contributed by atoms with van der Waals surface area (Å²) in [4.78, 5) is 12.0. The third kappa shape index (κ3) is 1.89. The minimum Gasteiger partial charge on any atom is -0.472 e. The molecule has 6 rings (SSSR count). The largest absolute Gasteiger partial charge is 0.472 e. The molecule has 1 aromatic rings. The molecular formula is C20H20O6. The average Bonchev–Trinajstić information content (AvgIpc) is 3.00. The van der Waals surface area contributed by atoms with E-state index in [0.717, 1.165) is 17.6 Å². The van der Waals surface area contributed by atoms with Crippen molar-refractivity contribution in [1.82, 2.24) is 0 Å². The second-order valence-corrected chi connectivity index (χ2v) is 7.97. The van der Waals surface area contributed by atoms with Crippen molar-refractivity contribution in [2.45, 2.75) is 50.5 Å². The molecule has 4 aliphatic heterocycles. The number of hydrogen-bond acceptors (Lipinski definition) is 6. The van der Waals surface area contributed by atoms with Gasteiger partial charge >= 0.3 is 5.97 Å². The topological polar surface area (TPSA) is 70.4 Å². The van der Waals surface area contributed by atoms with Crippen molar-refractivity contribution >= 4 is 5.97 Å². The fraction of sp³-hybridized carbons (Fsp3) is 0.550. The van der Waals surface area contributed by atoms with Crippen LogP contribution in [-0.2, 0) is 23.7 Å². The van der Waals surface area contributed by atoms with Gasteiger partial charge in [0.15, 0.2) is 6.29 Å². The number of cyclic esters (lactones) is 1. The lowest BCUT2D eigenvalue weighted by molar-refractivity contribution is -0.154. The van der Waals surface area contributed by atoms with Crippen LogP contribution in [0.2, 0.25) is 0 Å². The Kier molecular flexibility index (Phi) is 2.98. The molecule has 0 amide bonds. The molecule has 7 unspecified atom stereocenters. The Morgan fingerprint density at radius 1 is 1.23 bits per heavy atom. The monoisotopic (exact) mass is 356 g/mol. The molecule has 0 aromatic carbocycles. The Morgan fingerprint density at radius 2 is 2.15 bits per heavy atom. The maximum atomic E-state index is 12.0. The molecule has 1 spiro atoms. The van der Waals surface area contributed by atoms with Crippen LogP contribution in [0.25, 0.3) is 0 Å². The molecule has 1 aliphatic carbocycles. The van der Waals surface area contributed by atoms with Crippen molar-refractivity contribution in [3.63, 3.8) is 0 Å². The van der Waals surface area contributed by atoms with E-state index in [1.807, 2.05) is 18.2 Å². The molecule has 136 valence electrons. The first-order chi connectivity index (χ1) is 12.7. The van der Waals surface area contributed by atoms with Gasteiger partial charge in [-0.3, -0.25) is 0 Å². The van der Waals surface area contributed by atoms with Crippen LogP contribution in [0.3, 0.4) is 0 Å². The number of rotatable bonds is 1. The summed E-state index contributed by atoms with van der Waals surface area (Å²) >= 11 is 0. The number of furan rings is 1. The van der Waals surface area contributed by atoms with Crippen molar-refractivity contribution in [2.24, 2.45) is 11.3 Å². The van der Waals surface area contributed by atoms with Crippen molar-refractivity contribution in [3.8, 4) is 0 Å². The summed E-state index contributed by atoms with van der Waals surface area (Å²) in [6.07, 6.45) is 8.55. The standard InChI is InChI=1S/C20H20O6/c1-10-15-6-12-9-23-18(21)13(12)2-3-14-17(24-14)20(10)7-16(26-19(20)25-15)11-4-5-22-8-11/h2-5,8,10,14-17,19H,6-7,9H2,1H3. The summed E-state index contributed by atoms with van der Waals surface area (Å²) in [7, 11) is 0. The summed E-state index contributed by atoms with van der Waals surface area (Å²) in [5.74, 6) is 0.0150. The molecular weight excluding hydrogens is 336 g/mol. The number of carbonyl (C=O) groups excluding carboxylic acids is 1. The molecule has 0 saturated carbocycles. The second-order valence-electron chi connectivity index (χ2n) is 7.97.